The summed E-state index contributed by atoms with van der Waals surface area (Å²) in [6.07, 6.45) is 3.03. The number of furan rings is 1. The number of halogens is 1. The van der Waals surface area contributed by atoms with Crippen molar-refractivity contribution >= 4 is 41.9 Å². The van der Waals surface area contributed by atoms with Crippen LogP contribution in [0.15, 0.2) is 87.8 Å². The quantitative estimate of drug-likeness (QED) is 0.552. The summed E-state index contributed by atoms with van der Waals surface area (Å²) in [5, 5.41) is 13.1. The molecule has 3 aromatic rings. The number of rotatable bonds is 4. The maximum Gasteiger partial charge on any atom is 0.266 e. The number of carbonyl (C=O) groups excluding carboxylic acids is 1. The minimum atomic E-state index is -0.534. The topological polar surface area (TPSA) is 69.3 Å². The molecule has 7 heteroatoms. The molecule has 1 aromatic heterocycles. The second-order valence-corrected chi connectivity index (χ2v) is 7.36. The minimum Gasteiger partial charge on any atom is -0.457 e. The van der Waals surface area contributed by atoms with E-state index < -0.39 is 12.1 Å². The zero-order chi connectivity index (χ0) is 21.1. The molecule has 0 radical (unpaired) electrons. The lowest BCUT2D eigenvalue weighted by Gasteiger charge is -2.36. The van der Waals surface area contributed by atoms with E-state index in [1.165, 1.54) is 0 Å². The van der Waals surface area contributed by atoms with E-state index in [1.54, 1.807) is 29.2 Å². The van der Waals surface area contributed by atoms with Gasteiger partial charge in [0.25, 0.3) is 5.91 Å². The molecule has 5 nitrogen and oxygen atoms in total. The first-order valence-corrected chi connectivity index (χ1v) is 9.92. The van der Waals surface area contributed by atoms with Crippen LogP contribution in [0.2, 0.25) is 5.02 Å². The number of benzene rings is 2. The zero-order valence-corrected chi connectivity index (χ0v) is 17.3. The van der Waals surface area contributed by atoms with Crippen molar-refractivity contribution in [2.75, 3.05) is 4.90 Å². The second-order valence-electron chi connectivity index (χ2n) is 6.50. The normalized spacial score (nSPS) is 16.6. The molecule has 1 aliphatic heterocycles. The molecule has 0 saturated carbocycles. The predicted octanol–water partition coefficient (Wildman–Crippen LogP) is 5.24. The third-order valence-corrected chi connectivity index (χ3v) is 5.27. The van der Waals surface area contributed by atoms with Gasteiger partial charge in [0.1, 0.15) is 29.3 Å². The van der Waals surface area contributed by atoms with Crippen molar-refractivity contribution in [2.24, 2.45) is 0 Å². The second kappa shape index (κ2) is 8.54. The van der Waals surface area contributed by atoms with Crippen LogP contribution in [-0.4, -0.2) is 12.1 Å². The highest BCUT2D eigenvalue weighted by Crippen LogP contribution is 2.30. The van der Waals surface area contributed by atoms with Crippen molar-refractivity contribution in [2.45, 2.75) is 6.17 Å². The highest BCUT2D eigenvalue weighted by atomic mass is 35.5. The number of hydrogen-bond donors (Lipinski definition) is 2. The van der Waals surface area contributed by atoms with Crippen LogP contribution in [0.1, 0.15) is 5.76 Å². The van der Waals surface area contributed by atoms with Gasteiger partial charge in [-0.15, -0.1) is 12.6 Å². The van der Waals surface area contributed by atoms with Crippen LogP contribution in [0, 0.1) is 11.3 Å². The van der Waals surface area contributed by atoms with Gasteiger partial charge in [0.05, 0.1) is 5.03 Å². The molecule has 1 amide bonds. The minimum absolute atomic E-state index is 0.0325. The van der Waals surface area contributed by atoms with Crippen molar-refractivity contribution in [3.8, 4) is 17.4 Å². The summed E-state index contributed by atoms with van der Waals surface area (Å²) in [7, 11) is 0. The summed E-state index contributed by atoms with van der Waals surface area (Å²) in [4.78, 5) is 14.1. The molecular weight excluding hydrogens is 418 g/mol. The predicted molar refractivity (Wildman–Crippen MR) is 121 cm³/mol. The summed E-state index contributed by atoms with van der Waals surface area (Å²) < 4.78 is 5.89. The molecule has 1 atom stereocenters. The Morgan fingerprint density at radius 1 is 1.10 bits per heavy atom. The lowest BCUT2D eigenvalue weighted by molar-refractivity contribution is -0.117. The lowest BCUT2D eigenvalue weighted by Crippen LogP contribution is -2.51. The molecule has 0 fully saturated rings. The van der Waals surface area contributed by atoms with E-state index in [9.17, 15) is 10.1 Å². The Labute approximate surface area is 184 Å². The van der Waals surface area contributed by atoms with E-state index in [-0.39, 0.29) is 5.57 Å². The van der Waals surface area contributed by atoms with Crippen molar-refractivity contribution in [1.29, 1.82) is 5.26 Å². The third-order valence-electron chi connectivity index (χ3n) is 4.58. The van der Waals surface area contributed by atoms with Crippen LogP contribution < -0.4 is 10.2 Å². The number of nitrogens with zero attached hydrogens (tertiary/aromatic N) is 2. The Bertz CT molecular complexity index is 1180. The molecule has 4 rings (SSSR count). The molecule has 0 aliphatic carbocycles. The number of hydrogen-bond acceptors (Lipinski definition) is 5. The number of nitriles is 1. The molecule has 0 spiro atoms. The third kappa shape index (κ3) is 3.99. The van der Waals surface area contributed by atoms with Crippen LogP contribution in [0.5, 0.6) is 0 Å². The molecule has 2 aromatic carbocycles. The van der Waals surface area contributed by atoms with E-state index in [0.717, 1.165) is 11.3 Å². The van der Waals surface area contributed by atoms with Gasteiger partial charge in [-0.25, -0.2) is 0 Å². The van der Waals surface area contributed by atoms with Gasteiger partial charge in [0.2, 0.25) is 0 Å². The maximum atomic E-state index is 12.3. The Morgan fingerprint density at radius 2 is 1.83 bits per heavy atom. The van der Waals surface area contributed by atoms with E-state index in [1.807, 2.05) is 60.7 Å². The fourth-order valence-corrected chi connectivity index (χ4v) is 3.65. The Hall–Kier alpha value is -3.40. The Kier molecular flexibility index (Phi) is 5.66. The molecule has 30 heavy (non-hydrogen) atoms. The van der Waals surface area contributed by atoms with E-state index in [4.69, 9.17) is 16.0 Å². The highest BCUT2D eigenvalue weighted by Gasteiger charge is 2.31. The number of anilines is 1. The Morgan fingerprint density at radius 3 is 2.53 bits per heavy atom. The molecule has 1 N–H and O–H groups in total. The molecule has 1 aliphatic rings. The first-order valence-electron chi connectivity index (χ1n) is 9.09. The van der Waals surface area contributed by atoms with Crippen LogP contribution in [0.4, 0.5) is 5.69 Å². The van der Waals surface area contributed by atoms with Gasteiger partial charge in [0, 0.05) is 16.3 Å². The van der Waals surface area contributed by atoms with E-state index in [0.29, 0.717) is 21.6 Å². The van der Waals surface area contributed by atoms with Crippen LogP contribution in [0.25, 0.3) is 17.4 Å². The number of para-hydroxylation sites is 1. The fourth-order valence-electron chi connectivity index (χ4n) is 3.13. The van der Waals surface area contributed by atoms with Gasteiger partial charge in [0.15, 0.2) is 0 Å². The highest BCUT2D eigenvalue weighted by molar-refractivity contribution is 7.84. The lowest BCUT2D eigenvalue weighted by atomic mass is 10.1. The van der Waals surface area contributed by atoms with Gasteiger partial charge in [-0.3, -0.25) is 4.79 Å². The Balaban J connectivity index is 1.63. The van der Waals surface area contributed by atoms with Crippen molar-refractivity contribution in [3.05, 3.63) is 94.2 Å². The maximum absolute atomic E-state index is 12.3. The van der Waals surface area contributed by atoms with Gasteiger partial charge < -0.3 is 14.6 Å². The van der Waals surface area contributed by atoms with Crippen molar-refractivity contribution < 1.29 is 9.21 Å². The van der Waals surface area contributed by atoms with Crippen LogP contribution >= 0.6 is 24.2 Å². The van der Waals surface area contributed by atoms with E-state index in [2.05, 4.69) is 17.9 Å². The van der Waals surface area contributed by atoms with Gasteiger partial charge in [-0.05, 0) is 60.7 Å². The van der Waals surface area contributed by atoms with Gasteiger partial charge >= 0.3 is 0 Å². The number of nitrogens with one attached hydrogen (secondary N) is 1. The monoisotopic (exact) mass is 433 g/mol. The summed E-state index contributed by atoms with van der Waals surface area (Å²) >= 11 is 10.4. The van der Waals surface area contributed by atoms with E-state index >= 15 is 0 Å². The fraction of sp³-hybridized carbons (Fsp3) is 0.0435. The SMILES string of the molecule is N#CC1=C(S)N(c2ccccc2)[C@H](/C=C/c2ccc(-c3ccc(Cl)cc3)o2)NC1=O. The molecule has 0 saturated heterocycles. The smallest absolute Gasteiger partial charge is 0.266 e. The van der Waals surface area contributed by atoms with Crippen molar-refractivity contribution in [1.82, 2.24) is 5.32 Å². The summed E-state index contributed by atoms with van der Waals surface area (Å²) in [6.45, 7) is 0. The first-order chi connectivity index (χ1) is 14.6. The number of amides is 1. The summed E-state index contributed by atoms with van der Waals surface area (Å²) in [5.74, 6) is 0.865. The summed E-state index contributed by atoms with van der Waals surface area (Å²) in [5.41, 5.74) is 1.68. The van der Waals surface area contributed by atoms with Crippen LogP contribution in [0.3, 0.4) is 0 Å². The van der Waals surface area contributed by atoms with Crippen molar-refractivity contribution in [3.63, 3.8) is 0 Å². The summed E-state index contributed by atoms with van der Waals surface area (Å²) in [6, 6.07) is 22.4. The van der Waals surface area contributed by atoms with Gasteiger partial charge in [-0.1, -0.05) is 29.8 Å². The molecule has 0 bridgehead atoms. The van der Waals surface area contributed by atoms with Crippen LogP contribution in [-0.2, 0) is 4.79 Å². The number of carbonyl (C=O) groups is 1. The molecular formula is C23H16ClN3O2S. The standard InChI is InChI=1S/C23H16ClN3O2S/c24-16-8-6-15(7-9-16)20-12-10-18(29-20)11-13-21-26-22(28)19(14-25)23(30)27(21)17-4-2-1-3-5-17/h1-13,21,30H,(H,26,28)/b13-11+/t21-/m1/s1. The molecule has 148 valence electrons. The average molecular weight is 434 g/mol. The molecule has 0 unspecified atom stereocenters. The zero-order valence-electron chi connectivity index (χ0n) is 15.6. The largest absolute Gasteiger partial charge is 0.457 e. The van der Waals surface area contributed by atoms with Gasteiger partial charge in [-0.2, -0.15) is 5.26 Å². The average Bonchev–Trinajstić information content (AvgIpc) is 3.22. The first kappa shape index (κ1) is 19.9. The number of thiol groups is 1. The molecule has 2 heterocycles.